The van der Waals surface area contributed by atoms with Crippen LogP contribution in [-0.4, -0.2) is 28.9 Å². The van der Waals surface area contributed by atoms with Crippen LogP contribution in [0.25, 0.3) is 32.8 Å². The summed E-state index contributed by atoms with van der Waals surface area (Å²) in [7, 11) is 0. The highest BCUT2D eigenvalue weighted by atomic mass is 16.5. The van der Waals surface area contributed by atoms with Gasteiger partial charge in [0.15, 0.2) is 0 Å². The average Bonchev–Trinajstić information content (AvgIpc) is 3.31. The summed E-state index contributed by atoms with van der Waals surface area (Å²) in [5.41, 5.74) is 4.84. The van der Waals surface area contributed by atoms with Crippen molar-refractivity contribution in [2.45, 2.75) is 97.8 Å². The van der Waals surface area contributed by atoms with Gasteiger partial charge in [-0.15, -0.1) is 0 Å². The van der Waals surface area contributed by atoms with Crippen molar-refractivity contribution >= 4 is 45.4 Å². The molecule has 324 valence electrons. The van der Waals surface area contributed by atoms with Gasteiger partial charge in [0, 0.05) is 22.5 Å². The molecule has 0 atom stereocenters. The second-order valence-corrected chi connectivity index (χ2v) is 17.2. The summed E-state index contributed by atoms with van der Waals surface area (Å²) in [6.07, 6.45) is 9.80. The van der Waals surface area contributed by atoms with E-state index in [4.69, 9.17) is 23.9 Å². The van der Waals surface area contributed by atoms with E-state index in [0.717, 1.165) is 53.3 Å². The maximum Gasteiger partial charge on any atom is 0.314 e. The van der Waals surface area contributed by atoms with E-state index < -0.39 is 11.8 Å². The summed E-state index contributed by atoms with van der Waals surface area (Å²) in [4.78, 5) is 58.8. The van der Waals surface area contributed by atoms with Crippen LogP contribution in [0.15, 0.2) is 109 Å². The van der Waals surface area contributed by atoms with Crippen LogP contribution >= 0.6 is 0 Å². The van der Waals surface area contributed by atoms with Crippen LogP contribution in [0, 0.1) is 30.6 Å². The molecule has 6 aromatic rings. The molecular weight excluding hydrogens is 791 g/mol. The second-order valence-electron chi connectivity index (χ2n) is 17.2. The number of pyridine rings is 1. The minimum Gasteiger partial charge on any atom is -0.426 e. The number of aryl methyl sites for hydroxylation is 3. The molecule has 0 amide bonds. The Hall–Kier alpha value is -6.35. The molecule has 2 aliphatic carbocycles. The first-order valence-corrected chi connectivity index (χ1v) is 22.6. The molecule has 8 rings (SSSR count). The number of aromatic nitrogens is 1. The maximum absolute atomic E-state index is 13.9. The maximum atomic E-state index is 13.9. The molecule has 0 bridgehead atoms. The first-order valence-electron chi connectivity index (χ1n) is 22.6. The summed E-state index contributed by atoms with van der Waals surface area (Å²) >= 11 is 0. The molecule has 2 saturated carbocycles. The van der Waals surface area contributed by atoms with E-state index in [9.17, 15) is 19.2 Å². The molecule has 5 aromatic carbocycles. The van der Waals surface area contributed by atoms with Crippen LogP contribution in [-0.2, 0) is 32.0 Å². The number of nitrogens with zero attached hydrogens (tertiary/aromatic N) is 1. The predicted molar refractivity (Wildman–Crippen MR) is 244 cm³/mol. The number of fused-ring (bicyclic) bond motifs is 2. The normalized spacial score (nSPS) is 18.7. The van der Waals surface area contributed by atoms with Gasteiger partial charge in [-0.3, -0.25) is 24.2 Å². The zero-order chi connectivity index (χ0) is 43.9. The quantitative estimate of drug-likeness (QED) is 0.0827. The zero-order valence-corrected chi connectivity index (χ0v) is 36.4. The number of hydrogen-bond donors (Lipinski definition) is 0. The smallest absolute Gasteiger partial charge is 0.314 e. The highest BCUT2D eigenvalue weighted by Gasteiger charge is 2.34. The molecule has 0 spiro atoms. The Morgan fingerprint density at radius 2 is 0.952 bits per heavy atom. The first-order chi connectivity index (χ1) is 30.7. The largest absolute Gasteiger partial charge is 0.426 e. The number of rotatable bonds is 13. The minimum absolute atomic E-state index is 0.273. The van der Waals surface area contributed by atoms with Gasteiger partial charge < -0.3 is 18.9 Å². The van der Waals surface area contributed by atoms with Gasteiger partial charge in [0.1, 0.15) is 23.0 Å². The van der Waals surface area contributed by atoms with Crippen LogP contribution in [0.1, 0.15) is 94.7 Å². The van der Waals surface area contributed by atoms with Crippen LogP contribution in [0.4, 0.5) is 0 Å². The van der Waals surface area contributed by atoms with Crippen molar-refractivity contribution in [2.24, 2.45) is 23.7 Å². The van der Waals surface area contributed by atoms with Crippen molar-refractivity contribution in [3.05, 3.63) is 126 Å². The van der Waals surface area contributed by atoms with E-state index in [2.05, 4.69) is 32.0 Å². The van der Waals surface area contributed by atoms with Gasteiger partial charge in [0.25, 0.3) is 0 Å². The fourth-order valence-corrected chi connectivity index (χ4v) is 9.25. The second kappa shape index (κ2) is 19.8. The minimum atomic E-state index is -0.395. The molecular formula is C54H55NO8. The predicted octanol–water partition coefficient (Wildman–Crippen LogP) is 11.9. The Balaban J connectivity index is 0.973. The molecule has 2 fully saturated rings. The highest BCUT2D eigenvalue weighted by Crippen LogP contribution is 2.42. The number of carbonyl (C=O) groups excluding carboxylic acids is 4. The summed E-state index contributed by atoms with van der Waals surface area (Å²) in [6.45, 7) is 6.21. The van der Waals surface area contributed by atoms with Crippen molar-refractivity contribution in [1.82, 2.24) is 4.98 Å². The molecule has 0 aliphatic heterocycles. The van der Waals surface area contributed by atoms with Crippen LogP contribution < -0.4 is 18.9 Å². The van der Waals surface area contributed by atoms with E-state index >= 15 is 0 Å². The third-order valence-corrected chi connectivity index (χ3v) is 12.8. The third kappa shape index (κ3) is 9.99. The lowest BCUT2D eigenvalue weighted by Crippen LogP contribution is -2.30. The van der Waals surface area contributed by atoms with Crippen LogP contribution in [0.3, 0.4) is 0 Å². The summed E-state index contributed by atoms with van der Waals surface area (Å²) < 4.78 is 23.8. The number of hydrogen-bond acceptors (Lipinski definition) is 9. The van der Waals surface area contributed by atoms with Crippen molar-refractivity contribution < 1.29 is 38.1 Å². The number of ether oxygens (including phenoxy) is 4. The van der Waals surface area contributed by atoms with Crippen molar-refractivity contribution in [2.75, 3.05) is 0 Å². The summed E-state index contributed by atoms with van der Waals surface area (Å²) in [5, 5.41) is 3.28. The molecule has 0 N–H and O–H groups in total. The fourth-order valence-electron chi connectivity index (χ4n) is 9.25. The van der Waals surface area contributed by atoms with Crippen LogP contribution in [0.2, 0.25) is 0 Å². The van der Waals surface area contributed by atoms with E-state index in [-0.39, 0.29) is 35.7 Å². The molecule has 1 aromatic heterocycles. The van der Waals surface area contributed by atoms with Crippen molar-refractivity contribution in [3.8, 4) is 34.3 Å². The summed E-state index contributed by atoms with van der Waals surface area (Å²) in [5.74, 6) is -0.938. The molecule has 9 heteroatoms. The van der Waals surface area contributed by atoms with Gasteiger partial charge in [-0.05, 0) is 135 Å². The molecule has 63 heavy (non-hydrogen) atoms. The van der Waals surface area contributed by atoms with Crippen molar-refractivity contribution in [3.63, 3.8) is 0 Å². The van der Waals surface area contributed by atoms with Gasteiger partial charge in [0.2, 0.25) is 0 Å². The highest BCUT2D eigenvalue weighted by molar-refractivity contribution is 6.03. The Morgan fingerprint density at radius 3 is 1.46 bits per heavy atom. The van der Waals surface area contributed by atoms with Gasteiger partial charge >= 0.3 is 23.9 Å². The van der Waals surface area contributed by atoms with Gasteiger partial charge in [-0.25, -0.2) is 0 Å². The third-order valence-electron chi connectivity index (χ3n) is 12.8. The van der Waals surface area contributed by atoms with Gasteiger partial charge in [-0.1, -0.05) is 93.4 Å². The molecule has 1 heterocycles. The molecule has 0 unspecified atom stereocenters. The van der Waals surface area contributed by atoms with Crippen LogP contribution in [0.5, 0.6) is 23.0 Å². The molecule has 0 saturated heterocycles. The molecule has 2 aliphatic rings. The monoisotopic (exact) mass is 845 g/mol. The first kappa shape index (κ1) is 43.3. The molecule has 0 radical (unpaired) electrons. The number of benzene rings is 5. The number of carbonyl (C=O) groups is 4. The Bertz CT molecular complexity index is 2600. The topological polar surface area (TPSA) is 118 Å². The number of esters is 4. The van der Waals surface area contributed by atoms with Gasteiger partial charge in [0.05, 0.1) is 29.4 Å². The van der Waals surface area contributed by atoms with E-state index in [1.807, 2.05) is 79.7 Å². The SMILES string of the molecule is CCCc1ccc(OC(=O)C2CCC(C(=O)Oc3ccc(OC(=O)C4CCC(C(=O)Oc5ccc(CCC)cc5)CC4)c4c(C)c(-c5cccc6ccccc56)ncc34)CC2)cc1. The zero-order valence-electron chi connectivity index (χ0n) is 36.4. The fraction of sp³-hybridized carbons (Fsp3) is 0.352. The molecule has 9 nitrogen and oxygen atoms in total. The average molecular weight is 846 g/mol. The Morgan fingerprint density at radius 1 is 0.508 bits per heavy atom. The van der Waals surface area contributed by atoms with Gasteiger partial charge in [-0.2, -0.15) is 0 Å². The van der Waals surface area contributed by atoms with E-state index in [1.54, 1.807) is 18.3 Å². The Labute approximate surface area is 369 Å². The Kier molecular flexibility index (Phi) is 13.6. The van der Waals surface area contributed by atoms with Crippen molar-refractivity contribution in [1.29, 1.82) is 0 Å². The lowest BCUT2D eigenvalue weighted by molar-refractivity contribution is -0.145. The lowest BCUT2D eigenvalue weighted by atomic mass is 9.82. The standard InChI is InChI=1S/C54H55NO8/c1-4-9-35-15-27-42(28-16-35)60-51(56)38-19-23-40(24-20-38)53(58)62-47-31-32-48(49-34(3)50(55-33-46(47)49)45-14-8-12-37-11-6-7-13-44(37)45)63-54(59)41-25-21-39(22-26-41)52(57)61-43-29-17-36(10-5-2)18-30-43/h6-8,11-18,27-33,38-41H,4-5,9-10,19-26H2,1-3H3. The van der Waals surface area contributed by atoms with E-state index in [1.165, 1.54) is 11.1 Å². The van der Waals surface area contributed by atoms with E-state index in [0.29, 0.717) is 85.1 Å². The lowest BCUT2D eigenvalue weighted by Gasteiger charge is -2.26. The summed E-state index contributed by atoms with van der Waals surface area (Å²) in [6, 6.07) is 32.9.